The number of methoxy groups -OCH3 is 1. The van der Waals surface area contributed by atoms with Gasteiger partial charge in [0.15, 0.2) is 0 Å². The van der Waals surface area contributed by atoms with Crippen LogP contribution in [0.5, 0.6) is 0 Å². The zero-order chi connectivity index (χ0) is 24.9. The number of benzene rings is 3. The van der Waals surface area contributed by atoms with Gasteiger partial charge in [-0.15, -0.1) is 0 Å². The molecule has 0 aliphatic carbocycles. The van der Waals surface area contributed by atoms with Gasteiger partial charge in [-0.05, 0) is 54.1 Å². The largest absolute Gasteiger partial charge is 0.465 e. The van der Waals surface area contributed by atoms with E-state index in [0.717, 1.165) is 10.5 Å². The summed E-state index contributed by atoms with van der Waals surface area (Å²) in [5, 5.41) is 3.27. The van der Waals surface area contributed by atoms with Gasteiger partial charge in [0.05, 0.1) is 24.8 Å². The van der Waals surface area contributed by atoms with E-state index in [2.05, 4.69) is 10.1 Å². The molecule has 0 bridgehead atoms. The van der Waals surface area contributed by atoms with Crippen LogP contribution in [-0.2, 0) is 20.9 Å². The van der Waals surface area contributed by atoms with Crippen LogP contribution in [-0.4, -0.2) is 41.9 Å². The van der Waals surface area contributed by atoms with E-state index >= 15 is 0 Å². The Bertz CT molecular complexity index is 1250. The second kappa shape index (κ2) is 10.4. The summed E-state index contributed by atoms with van der Waals surface area (Å²) in [7, 11) is 1.28. The number of ether oxygens (including phenoxy) is 1. The lowest BCUT2D eigenvalue weighted by atomic mass is 10.1. The Morgan fingerprint density at radius 2 is 1.60 bits per heavy atom. The van der Waals surface area contributed by atoms with E-state index in [1.54, 1.807) is 66.7 Å². The molecule has 1 fully saturated rings. The predicted octanol–water partition coefficient (Wildman–Crippen LogP) is 4.49. The lowest BCUT2D eigenvalue weighted by molar-refractivity contribution is -0.124. The van der Waals surface area contributed by atoms with Gasteiger partial charge in [0.1, 0.15) is 6.04 Å². The molecule has 4 amide bonds. The van der Waals surface area contributed by atoms with E-state index in [9.17, 15) is 19.2 Å². The number of hydrogen-bond acceptors (Lipinski definition) is 5. The number of urea groups is 1. The Morgan fingerprint density at radius 3 is 2.23 bits per heavy atom. The van der Waals surface area contributed by atoms with Gasteiger partial charge in [0, 0.05) is 17.3 Å². The van der Waals surface area contributed by atoms with Crippen LogP contribution in [0.2, 0.25) is 5.02 Å². The summed E-state index contributed by atoms with van der Waals surface area (Å²) < 4.78 is 4.67. The number of nitrogens with zero attached hydrogens (tertiary/aromatic N) is 2. The topological polar surface area (TPSA) is 96.0 Å². The molecule has 1 saturated heterocycles. The number of imide groups is 1. The molecule has 0 radical (unpaired) electrons. The molecule has 1 N–H and O–H groups in total. The maximum absolute atomic E-state index is 13.3. The fourth-order valence-electron chi connectivity index (χ4n) is 3.81. The molecule has 1 aliphatic rings. The predicted molar refractivity (Wildman–Crippen MR) is 131 cm³/mol. The van der Waals surface area contributed by atoms with E-state index in [4.69, 9.17) is 11.6 Å². The maximum Gasteiger partial charge on any atom is 0.337 e. The van der Waals surface area contributed by atoms with Crippen molar-refractivity contribution in [1.29, 1.82) is 0 Å². The molecule has 8 nitrogen and oxygen atoms in total. The standard InChI is InChI=1S/C26H22ClN3O5/c1-35-25(33)18-9-13-20(14-10-18)28-23(31)15-22-24(32)30(21-5-3-2-4-6-21)26(34)29(22)16-17-7-11-19(27)12-8-17/h2-14,22H,15-16H2,1H3,(H,28,31)/t22-/m1/s1. The average molecular weight is 492 g/mol. The van der Waals surface area contributed by atoms with Crippen molar-refractivity contribution in [1.82, 2.24) is 4.90 Å². The highest BCUT2D eigenvalue weighted by Gasteiger charge is 2.46. The highest BCUT2D eigenvalue weighted by Crippen LogP contribution is 2.28. The molecule has 178 valence electrons. The molecule has 0 unspecified atom stereocenters. The van der Waals surface area contributed by atoms with Gasteiger partial charge in [0.2, 0.25) is 5.91 Å². The summed E-state index contributed by atoms with van der Waals surface area (Å²) in [4.78, 5) is 53.6. The van der Waals surface area contributed by atoms with E-state index < -0.39 is 29.9 Å². The average Bonchev–Trinajstić information content (AvgIpc) is 3.09. The Hall–Kier alpha value is -4.17. The molecular formula is C26H22ClN3O5. The molecule has 0 saturated carbocycles. The van der Waals surface area contributed by atoms with Crippen molar-refractivity contribution >= 4 is 46.8 Å². The minimum Gasteiger partial charge on any atom is -0.465 e. The molecule has 9 heteroatoms. The van der Waals surface area contributed by atoms with Gasteiger partial charge in [-0.1, -0.05) is 41.9 Å². The van der Waals surface area contributed by atoms with Crippen molar-refractivity contribution in [3.8, 4) is 0 Å². The molecule has 1 aliphatic heterocycles. The highest BCUT2D eigenvalue weighted by atomic mass is 35.5. The minimum atomic E-state index is -0.993. The zero-order valence-electron chi connectivity index (χ0n) is 18.8. The van der Waals surface area contributed by atoms with Gasteiger partial charge >= 0.3 is 12.0 Å². The third-order valence-corrected chi connectivity index (χ3v) is 5.82. The van der Waals surface area contributed by atoms with E-state index in [1.807, 2.05) is 0 Å². The third kappa shape index (κ3) is 5.33. The first-order chi connectivity index (χ1) is 16.9. The van der Waals surface area contributed by atoms with Gasteiger partial charge in [-0.3, -0.25) is 9.59 Å². The first-order valence-corrected chi connectivity index (χ1v) is 11.2. The number of hydrogen-bond donors (Lipinski definition) is 1. The number of esters is 1. The number of rotatable bonds is 7. The minimum absolute atomic E-state index is 0.136. The second-order valence-electron chi connectivity index (χ2n) is 7.88. The van der Waals surface area contributed by atoms with E-state index in [-0.39, 0.29) is 13.0 Å². The van der Waals surface area contributed by atoms with Gasteiger partial charge < -0.3 is 15.0 Å². The van der Waals surface area contributed by atoms with Gasteiger partial charge in [0.25, 0.3) is 5.91 Å². The van der Waals surface area contributed by atoms with Crippen LogP contribution >= 0.6 is 11.6 Å². The summed E-state index contributed by atoms with van der Waals surface area (Å²) in [6.07, 6.45) is -0.236. The van der Waals surface area contributed by atoms with Crippen LogP contribution in [0.4, 0.5) is 16.2 Å². The summed E-state index contributed by atoms with van der Waals surface area (Å²) in [5.41, 5.74) is 2.00. The summed E-state index contributed by atoms with van der Waals surface area (Å²) in [5.74, 6) is -1.42. The molecule has 3 aromatic rings. The number of nitrogens with one attached hydrogen (secondary N) is 1. The molecule has 0 aromatic heterocycles. The SMILES string of the molecule is COC(=O)c1ccc(NC(=O)C[C@@H]2C(=O)N(c3ccccc3)C(=O)N2Cc2ccc(Cl)cc2)cc1. The number of halogens is 1. The molecule has 1 heterocycles. The highest BCUT2D eigenvalue weighted by molar-refractivity contribution is 6.30. The second-order valence-corrected chi connectivity index (χ2v) is 8.32. The van der Waals surface area contributed by atoms with Crippen molar-refractivity contribution in [2.24, 2.45) is 0 Å². The van der Waals surface area contributed by atoms with E-state index in [0.29, 0.717) is 22.0 Å². The zero-order valence-corrected chi connectivity index (χ0v) is 19.6. The number of carbonyl (C=O) groups is 4. The molecule has 1 atom stereocenters. The van der Waals surface area contributed by atoms with Crippen molar-refractivity contribution in [3.63, 3.8) is 0 Å². The normalized spacial score (nSPS) is 15.3. The Labute approximate surface area is 207 Å². The number of amides is 4. The van der Waals surface area contributed by atoms with Gasteiger partial charge in [-0.2, -0.15) is 0 Å². The van der Waals surface area contributed by atoms with Gasteiger partial charge in [-0.25, -0.2) is 14.5 Å². The molecule has 35 heavy (non-hydrogen) atoms. The monoisotopic (exact) mass is 491 g/mol. The first-order valence-electron chi connectivity index (χ1n) is 10.8. The van der Waals surface area contributed by atoms with Crippen molar-refractivity contribution in [2.45, 2.75) is 19.0 Å². The molecule has 4 rings (SSSR count). The number of anilines is 2. The third-order valence-electron chi connectivity index (χ3n) is 5.57. The first kappa shape index (κ1) is 24.0. The van der Waals surface area contributed by atoms with Crippen LogP contribution < -0.4 is 10.2 Å². The molecular weight excluding hydrogens is 470 g/mol. The van der Waals surface area contributed by atoms with Crippen LogP contribution in [0.3, 0.4) is 0 Å². The Kier molecular flexibility index (Phi) is 7.12. The smallest absolute Gasteiger partial charge is 0.337 e. The quantitative estimate of drug-likeness (QED) is 0.388. The van der Waals surface area contributed by atoms with Crippen LogP contribution in [0.1, 0.15) is 22.3 Å². The van der Waals surface area contributed by atoms with Crippen LogP contribution in [0, 0.1) is 0 Å². The van der Waals surface area contributed by atoms with Crippen molar-refractivity contribution in [2.75, 3.05) is 17.3 Å². The fourth-order valence-corrected chi connectivity index (χ4v) is 3.94. The maximum atomic E-state index is 13.3. The Morgan fingerprint density at radius 1 is 0.943 bits per heavy atom. The fraction of sp³-hybridized carbons (Fsp3) is 0.154. The summed E-state index contributed by atoms with van der Waals surface area (Å²) in [6.45, 7) is 0.136. The Balaban J connectivity index is 1.55. The number of carbonyl (C=O) groups excluding carboxylic acids is 4. The summed E-state index contributed by atoms with van der Waals surface area (Å²) >= 11 is 5.97. The number of para-hydroxylation sites is 1. The van der Waals surface area contributed by atoms with E-state index in [1.165, 1.54) is 24.1 Å². The summed E-state index contributed by atoms with van der Waals surface area (Å²) in [6, 6.07) is 20.2. The molecule has 0 spiro atoms. The van der Waals surface area contributed by atoms with Crippen LogP contribution in [0.25, 0.3) is 0 Å². The van der Waals surface area contributed by atoms with Crippen LogP contribution in [0.15, 0.2) is 78.9 Å². The molecule has 3 aromatic carbocycles. The van der Waals surface area contributed by atoms with Crippen molar-refractivity contribution < 1.29 is 23.9 Å². The van der Waals surface area contributed by atoms with Crippen molar-refractivity contribution in [3.05, 3.63) is 95.0 Å². The lowest BCUT2D eigenvalue weighted by Crippen LogP contribution is -2.37. The lowest BCUT2D eigenvalue weighted by Gasteiger charge is -2.21.